The molecule has 0 amide bonds. The SMILES string of the molecule is Oc1c(Cl)cc(NCc2cc(-c3cccs3)cs2)cc1Cl. The molecule has 0 aliphatic carbocycles. The number of phenolic OH excluding ortho intramolecular Hbond substituents is 1. The molecule has 0 aliphatic rings. The Balaban J connectivity index is 1.71. The van der Waals surface area contributed by atoms with Gasteiger partial charge in [0.05, 0.1) is 10.0 Å². The molecule has 0 fully saturated rings. The molecule has 2 nitrogen and oxygen atoms in total. The third-order valence-electron chi connectivity index (χ3n) is 2.94. The van der Waals surface area contributed by atoms with Crippen LogP contribution in [0.5, 0.6) is 5.75 Å². The van der Waals surface area contributed by atoms with Crippen molar-refractivity contribution >= 4 is 51.6 Å². The van der Waals surface area contributed by atoms with Gasteiger partial charge in [0.2, 0.25) is 0 Å². The van der Waals surface area contributed by atoms with Crippen molar-refractivity contribution in [2.24, 2.45) is 0 Å². The molecule has 0 unspecified atom stereocenters. The highest BCUT2D eigenvalue weighted by atomic mass is 35.5. The van der Waals surface area contributed by atoms with Gasteiger partial charge >= 0.3 is 0 Å². The van der Waals surface area contributed by atoms with Crippen LogP contribution in [0.4, 0.5) is 5.69 Å². The lowest BCUT2D eigenvalue weighted by Gasteiger charge is -2.07. The monoisotopic (exact) mass is 355 g/mol. The number of benzene rings is 1. The van der Waals surface area contributed by atoms with Crippen LogP contribution in [0.2, 0.25) is 10.0 Å². The van der Waals surface area contributed by atoms with E-state index in [4.69, 9.17) is 23.2 Å². The largest absolute Gasteiger partial charge is 0.505 e. The minimum absolute atomic E-state index is 0.0833. The van der Waals surface area contributed by atoms with Crippen LogP contribution in [0, 0.1) is 0 Å². The van der Waals surface area contributed by atoms with Gasteiger partial charge in [-0.1, -0.05) is 29.3 Å². The van der Waals surface area contributed by atoms with Gasteiger partial charge in [0, 0.05) is 27.5 Å². The summed E-state index contributed by atoms with van der Waals surface area (Å²) in [7, 11) is 0. The Morgan fingerprint density at radius 3 is 2.52 bits per heavy atom. The van der Waals surface area contributed by atoms with Crippen molar-refractivity contribution in [3.05, 3.63) is 56.0 Å². The third-order valence-corrected chi connectivity index (χ3v) is 5.37. The smallest absolute Gasteiger partial charge is 0.152 e. The van der Waals surface area contributed by atoms with Crippen molar-refractivity contribution in [3.8, 4) is 16.2 Å². The summed E-state index contributed by atoms with van der Waals surface area (Å²) < 4.78 is 0. The Bertz CT molecular complexity index is 730. The fourth-order valence-corrected chi connectivity index (χ4v) is 4.00. The number of nitrogens with one attached hydrogen (secondary N) is 1. The zero-order chi connectivity index (χ0) is 14.8. The zero-order valence-electron chi connectivity index (χ0n) is 10.8. The molecule has 0 bridgehead atoms. The fourth-order valence-electron chi connectivity index (χ4n) is 1.90. The summed E-state index contributed by atoms with van der Waals surface area (Å²) in [4.78, 5) is 2.49. The van der Waals surface area contributed by atoms with Crippen LogP contribution in [-0.4, -0.2) is 5.11 Å². The van der Waals surface area contributed by atoms with Gasteiger partial charge in [0.15, 0.2) is 5.75 Å². The van der Waals surface area contributed by atoms with E-state index in [1.807, 2.05) is 0 Å². The lowest BCUT2D eigenvalue weighted by atomic mass is 10.2. The van der Waals surface area contributed by atoms with Crippen molar-refractivity contribution in [2.45, 2.75) is 6.54 Å². The van der Waals surface area contributed by atoms with Crippen LogP contribution in [0.1, 0.15) is 4.88 Å². The first-order valence-electron chi connectivity index (χ1n) is 6.16. The molecule has 2 N–H and O–H groups in total. The molecular formula is C15H11Cl2NOS2. The molecule has 0 saturated carbocycles. The number of aromatic hydroxyl groups is 1. The predicted octanol–water partition coefficient (Wildman–Crippen LogP) is 6.10. The number of thiophene rings is 2. The van der Waals surface area contributed by atoms with Crippen LogP contribution in [0.15, 0.2) is 41.1 Å². The molecule has 3 aromatic rings. The van der Waals surface area contributed by atoms with Crippen molar-refractivity contribution in [3.63, 3.8) is 0 Å². The van der Waals surface area contributed by atoms with Gasteiger partial charge in [-0.05, 0) is 35.0 Å². The van der Waals surface area contributed by atoms with E-state index in [0.29, 0.717) is 6.54 Å². The van der Waals surface area contributed by atoms with Crippen molar-refractivity contribution < 1.29 is 5.11 Å². The predicted molar refractivity (Wildman–Crippen MR) is 93.1 cm³/mol. The van der Waals surface area contributed by atoms with Gasteiger partial charge in [-0.3, -0.25) is 0 Å². The summed E-state index contributed by atoms with van der Waals surface area (Å²) in [5.41, 5.74) is 2.03. The summed E-state index contributed by atoms with van der Waals surface area (Å²) in [6.45, 7) is 0.688. The van der Waals surface area contributed by atoms with Crippen LogP contribution in [0.3, 0.4) is 0 Å². The highest BCUT2D eigenvalue weighted by Gasteiger charge is 2.07. The molecule has 0 radical (unpaired) electrons. The first kappa shape index (κ1) is 14.7. The maximum absolute atomic E-state index is 9.54. The Kier molecular flexibility index (Phi) is 4.40. The number of phenols is 1. The van der Waals surface area contributed by atoms with E-state index in [0.717, 1.165) is 5.69 Å². The molecule has 2 heterocycles. The minimum atomic E-state index is -0.0833. The Morgan fingerprint density at radius 1 is 1.10 bits per heavy atom. The summed E-state index contributed by atoms with van der Waals surface area (Å²) in [5.74, 6) is -0.0833. The zero-order valence-corrected chi connectivity index (χ0v) is 13.9. The number of anilines is 1. The Labute approximate surface area is 140 Å². The maximum atomic E-state index is 9.54. The number of hydrogen-bond acceptors (Lipinski definition) is 4. The van der Waals surface area contributed by atoms with E-state index < -0.39 is 0 Å². The Hall–Kier alpha value is -1.20. The van der Waals surface area contributed by atoms with Crippen LogP contribution in [-0.2, 0) is 6.54 Å². The Morgan fingerprint density at radius 2 is 1.86 bits per heavy atom. The minimum Gasteiger partial charge on any atom is -0.505 e. The molecular weight excluding hydrogens is 345 g/mol. The van der Waals surface area contributed by atoms with Crippen LogP contribution in [0.25, 0.3) is 10.4 Å². The van der Waals surface area contributed by atoms with Crippen molar-refractivity contribution in [2.75, 3.05) is 5.32 Å². The molecule has 6 heteroatoms. The molecule has 0 aliphatic heterocycles. The van der Waals surface area contributed by atoms with Crippen LogP contribution >= 0.6 is 45.9 Å². The van der Waals surface area contributed by atoms with Crippen LogP contribution < -0.4 is 5.32 Å². The molecule has 1 aromatic carbocycles. The van der Waals surface area contributed by atoms with Gasteiger partial charge in [0.1, 0.15) is 0 Å². The summed E-state index contributed by atoms with van der Waals surface area (Å²) >= 11 is 15.2. The van der Waals surface area contributed by atoms with E-state index in [9.17, 15) is 5.11 Å². The molecule has 3 rings (SSSR count). The lowest BCUT2D eigenvalue weighted by Crippen LogP contribution is -1.97. The number of hydrogen-bond donors (Lipinski definition) is 2. The normalized spacial score (nSPS) is 10.8. The molecule has 2 aromatic heterocycles. The average Bonchev–Trinajstić information content (AvgIpc) is 3.12. The summed E-state index contributed by atoms with van der Waals surface area (Å²) in [6, 6.07) is 9.67. The van der Waals surface area contributed by atoms with E-state index in [-0.39, 0.29) is 15.8 Å². The molecule has 21 heavy (non-hydrogen) atoms. The third kappa shape index (κ3) is 3.35. The first-order chi connectivity index (χ1) is 10.1. The second-order valence-electron chi connectivity index (χ2n) is 4.42. The fraction of sp³-hybridized carbons (Fsp3) is 0.0667. The van der Waals surface area contributed by atoms with E-state index >= 15 is 0 Å². The quantitative estimate of drug-likeness (QED) is 0.554. The van der Waals surface area contributed by atoms with Gasteiger partial charge in [-0.15, -0.1) is 22.7 Å². The van der Waals surface area contributed by atoms with Gasteiger partial charge < -0.3 is 10.4 Å². The lowest BCUT2D eigenvalue weighted by molar-refractivity contribution is 0.476. The number of halogens is 2. The summed E-state index contributed by atoms with van der Waals surface area (Å²) in [5, 5.41) is 17.5. The molecule has 0 saturated heterocycles. The van der Waals surface area contributed by atoms with Crippen molar-refractivity contribution in [1.29, 1.82) is 0 Å². The first-order valence-corrected chi connectivity index (χ1v) is 8.68. The molecule has 0 spiro atoms. The average molecular weight is 356 g/mol. The standard InChI is InChI=1S/C15H11Cl2NOS2/c16-12-5-10(6-13(17)15(12)19)18-7-11-4-9(8-21-11)14-2-1-3-20-14/h1-6,8,18-19H,7H2. The topological polar surface area (TPSA) is 32.3 Å². The van der Waals surface area contributed by atoms with Gasteiger partial charge in [-0.25, -0.2) is 0 Å². The van der Waals surface area contributed by atoms with Gasteiger partial charge in [-0.2, -0.15) is 0 Å². The molecule has 0 atom stereocenters. The van der Waals surface area contributed by atoms with E-state index in [1.54, 1.807) is 34.8 Å². The highest BCUT2D eigenvalue weighted by molar-refractivity contribution is 7.14. The second-order valence-corrected chi connectivity index (χ2v) is 7.18. The highest BCUT2D eigenvalue weighted by Crippen LogP contribution is 2.35. The van der Waals surface area contributed by atoms with E-state index in [2.05, 4.69) is 34.3 Å². The second kappa shape index (κ2) is 6.28. The summed E-state index contributed by atoms with van der Waals surface area (Å²) in [6.07, 6.45) is 0. The molecule has 108 valence electrons. The van der Waals surface area contributed by atoms with Crippen molar-refractivity contribution in [1.82, 2.24) is 0 Å². The number of rotatable bonds is 4. The van der Waals surface area contributed by atoms with E-state index in [1.165, 1.54) is 15.3 Å². The van der Waals surface area contributed by atoms with Gasteiger partial charge in [0.25, 0.3) is 0 Å². The maximum Gasteiger partial charge on any atom is 0.152 e.